The van der Waals surface area contributed by atoms with E-state index in [1.165, 1.54) is 0 Å². The van der Waals surface area contributed by atoms with Crippen LogP contribution >= 0.6 is 12.2 Å². The van der Waals surface area contributed by atoms with Crippen LogP contribution in [0.2, 0.25) is 0 Å². The van der Waals surface area contributed by atoms with Gasteiger partial charge in [0.2, 0.25) is 0 Å². The summed E-state index contributed by atoms with van der Waals surface area (Å²) in [5, 5.41) is 11.6. The fourth-order valence-electron chi connectivity index (χ4n) is 0.975. The van der Waals surface area contributed by atoms with Gasteiger partial charge in [-0.05, 0) is 19.1 Å². The van der Waals surface area contributed by atoms with Crippen LogP contribution in [0.1, 0.15) is 6.92 Å². The minimum Gasteiger partial charge on any atom is -0.326 e. The maximum absolute atomic E-state index is 8.07. The number of rotatable bonds is 6. The average molecular weight is 231 g/mol. The van der Waals surface area contributed by atoms with Crippen LogP contribution in [0.5, 0.6) is 0 Å². The van der Waals surface area contributed by atoms with Gasteiger partial charge in [0.05, 0.1) is 0 Å². The molecule has 0 aliphatic carbocycles. The quantitative estimate of drug-likeness (QED) is 0.330. The van der Waals surface area contributed by atoms with Crippen molar-refractivity contribution in [2.75, 3.05) is 10.8 Å². The topological polar surface area (TPSA) is 80.8 Å². The lowest BCUT2D eigenvalue weighted by atomic mass is 10.3. The summed E-state index contributed by atoms with van der Waals surface area (Å²) in [4.78, 5) is 4.12. The zero-order valence-corrected chi connectivity index (χ0v) is 9.05. The number of aromatic nitrogens is 1. The highest BCUT2D eigenvalue weighted by molar-refractivity contribution is 7.95. The molecule has 0 saturated carbocycles. The molecule has 0 amide bonds. The Morgan fingerprint density at radius 1 is 1.67 bits per heavy atom. The van der Waals surface area contributed by atoms with Gasteiger partial charge in [0.1, 0.15) is 5.82 Å². The molecular weight excluding hydrogens is 218 g/mol. The zero-order valence-electron chi connectivity index (χ0n) is 8.24. The third-order valence-electron chi connectivity index (χ3n) is 1.51. The van der Waals surface area contributed by atoms with Crippen LogP contribution in [0.15, 0.2) is 24.4 Å². The van der Waals surface area contributed by atoms with Crippen molar-refractivity contribution < 1.29 is 14.6 Å². The highest BCUT2D eigenvalue weighted by Gasteiger charge is 2.11. The lowest BCUT2D eigenvalue weighted by Crippen LogP contribution is -2.31. The van der Waals surface area contributed by atoms with Crippen molar-refractivity contribution in [1.82, 2.24) is 4.98 Å². The molecule has 0 aliphatic heterocycles. The Kier molecular flexibility index (Phi) is 5.37. The van der Waals surface area contributed by atoms with Crippen LogP contribution in [0, 0.1) is 0 Å². The van der Waals surface area contributed by atoms with E-state index < -0.39 is 0 Å². The van der Waals surface area contributed by atoms with Crippen LogP contribution in [-0.2, 0) is 9.37 Å². The van der Waals surface area contributed by atoms with Crippen molar-refractivity contribution in [2.24, 2.45) is 5.73 Å². The fraction of sp³-hybridized carbons (Fsp3) is 0.375. The molecule has 6 nitrogen and oxygen atoms in total. The van der Waals surface area contributed by atoms with Crippen LogP contribution < -0.4 is 10.0 Å². The second kappa shape index (κ2) is 6.59. The van der Waals surface area contributed by atoms with E-state index in [2.05, 4.69) is 14.4 Å². The molecule has 1 aromatic heterocycles. The molecule has 15 heavy (non-hydrogen) atoms. The second-order valence-corrected chi connectivity index (χ2v) is 3.67. The summed E-state index contributed by atoms with van der Waals surface area (Å²) in [5.41, 5.74) is 5.66. The van der Waals surface area contributed by atoms with Crippen molar-refractivity contribution in [2.45, 2.75) is 13.0 Å². The molecule has 1 rings (SSSR count). The van der Waals surface area contributed by atoms with Crippen LogP contribution in [-0.4, -0.2) is 22.8 Å². The smallest absolute Gasteiger partial charge is 0.156 e. The number of pyridine rings is 1. The van der Waals surface area contributed by atoms with E-state index >= 15 is 0 Å². The van der Waals surface area contributed by atoms with Gasteiger partial charge < -0.3 is 5.73 Å². The first-order valence-corrected chi connectivity index (χ1v) is 5.03. The standard InChI is InChI=1S/C8H13N3O3S/c1-7(9)6-11(15-14-13-12)8-4-2-3-5-10-8/h2-5,7,12H,6,9H2,1H3/t7-/m1/s1. The molecule has 1 atom stereocenters. The molecule has 0 aliphatic rings. The molecule has 0 aromatic carbocycles. The normalized spacial score (nSPS) is 12.5. The maximum atomic E-state index is 8.07. The van der Waals surface area contributed by atoms with Crippen molar-refractivity contribution in [3.63, 3.8) is 0 Å². The molecule has 84 valence electrons. The van der Waals surface area contributed by atoms with Crippen LogP contribution in [0.3, 0.4) is 0 Å². The Hall–Kier alpha value is -0.860. The van der Waals surface area contributed by atoms with E-state index in [0.717, 1.165) is 12.2 Å². The number of nitrogens with zero attached hydrogens (tertiary/aromatic N) is 2. The highest BCUT2D eigenvalue weighted by Crippen LogP contribution is 2.20. The third kappa shape index (κ3) is 4.45. The molecule has 0 saturated heterocycles. The monoisotopic (exact) mass is 231 g/mol. The Labute approximate surface area is 92.2 Å². The second-order valence-electron chi connectivity index (χ2n) is 2.94. The molecule has 0 unspecified atom stereocenters. The van der Waals surface area contributed by atoms with Gasteiger partial charge in [-0.1, -0.05) is 11.1 Å². The SMILES string of the molecule is C[C@@H](N)CN(SOOO)c1ccccn1. The molecule has 1 heterocycles. The van der Waals surface area contributed by atoms with Gasteiger partial charge in [-0.15, -0.1) is 4.33 Å². The summed E-state index contributed by atoms with van der Waals surface area (Å²) in [5.74, 6) is 0.678. The Morgan fingerprint density at radius 3 is 3.00 bits per heavy atom. The van der Waals surface area contributed by atoms with Crippen molar-refractivity contribution in [3.05, 3.63) is 24.4 Å². The highest BCUT2D eigenvalue weighted by atomic mass is 32.2. The van der Waals surface area contributed by atoms with Gasteiger partial charge in [-0.2, -0.15) is 0 Å². The molecule has 0 radical (unpaired) electrons. The van der Waals surface area contributed by atoms with Gasteiger partial charge in [0.25, 0.3) is 0 Å². The van der Waals surface area contributed by atoms with Gasteiger partial charge in [-0.25, -0.2) is 10.2 Å². The summed E-state index contributed by atoms with van der Waals surface area (Å²) in [6.07, 6.45) is 1.66. The Bertz CT molecular complexity index is 273. The number of nitrogens with two attached hydrogens (primary N) is 1. The number of hydrogen-bond donors (Lipinski definition) is 2. The van der Waals surface area contributed by atoms with E-state index in [-0.39, 0.29) is 6.04 Å². The van der Waals surface area contributed by atoms with Gasteiger partial charge in [0, 0.05) is 18.8 Å². The van der Waals surface area contributed by atoms with Crippen molar-refractivity contribution in [3.8, 4) is 0 Å². The minimum atomic E-state index is -0.0539. The molecule has 1 aromatic rings. The molecule has 3 N–H and O–H groups in total. The Balaban J connectivity index is 2.63. The number of hydrogen-bond acceptors (Lipinski definition) is 7. The first-order chi connectivity index (χ1) is 7.24. The summed E-state index contributed by atoms with van der Waals surface area (Å²) in [6.45, 7) is 2.38. The van der Waals surface area contributed by atoms with Gasteiger partial charge in [0.15, 0.2) is 12.2 Å². The summed E-state index contributed by atoms with van der Waals surface area (Å²) in [7, 11) is 0. The van der Waals surface area contributed by atoms with Gasteiger partial charge >= 0.3 is 0 Å². The maximum Gasteiger partial charge on any atom is 0.156 e. The van der Waals surface area contributed by atoms with Crippen LogP contribution in [0.25, 0.3) is 0 Å². The van der Waals surface area contributed by atoms with Crippen LogP contribution in [0.4, 0.5) is 5.82 Å². The summed E-state index contributed by atoms with van der Waals surface area (Å²) < 4.78 is 6.02. The molecule has 0 fully saturated rings. The zero-order chi connectivity index (χ0) is 11.1. The van der Waals surface area contributed by atoms with E-state index in [1.807, 2.05) is 19.1 Å². The van der Waals surface area contributed by atoms with E-state index in [0.29, 0.717) is 12.4 Å². The minimum absolute atomic E-state index is 0.0539. The molecule has 0 bridgehead atoms. The summed E-state index contributed by atoms with van der Waals surface area (Å²) >= 11 is 0.822. The lowest BCUT2D eigenvalue weighted by molar-refractivity contribution is -0.432. The summed E-state index contributed by atoms with van der Waals surface area (Å²) in [6, 6.07) is 5.40. The van der Waals surface area contributed by atoms with E-state index in [9.17, 15) is 0 Å². The molecular formula is C8H13N3O3S. The first-order valence-electron chi connectivity index (χ1n) is 4.33. The Morgan fingerprint density at radius 2 is 2.47 bits per heavy atom. The fourth-order valence-corrected chi connectivity index (χ4v) is 1.56. The largest absolute Gasteiger partial charge is 0.326 e. The molecule has 0 spiro atoms. The third-order valence-corrected chi connectivity index (χ3v) is 2.15. The lowest BCUT2D eigenvalue weighted by Gasteiger charge is -2.21. The first kappa shape index (κ1) is 12.2. The van der Waals surface area contributed by atoms with E-state index in [4.69, 9.17) is 11.0 Å². The van der Waals surface area contributed by atoms with E-state index in [1.54, 1.807) is 16.6 Å². The van der Waals surface area contributed by atoms with Crippen molar-refractivity contribution in [1.29, 1.82) is 0 Å². The molecule has 7 heteroatoms. The van der Waals surface area contributed by atoms with Crippen molar-refractivity contribution >= 4 is 18.0 Å². The number of anilines is 1. The predicted octanol–water partition coefficient (Wildman–Crippen LogP) is 1.22. The average Bonchev–Trinajstić information content (AvgIpc) is 2.25. The predicted molar refractivity (Wildman–Crippen MR) is 57.6 cm³/mol. The van der Waals surface area contributed by atoms with Gasteiger partial charge in [-0.3, -0.25) is 4.31 Å².